The molecule has 0 aromatic heterocycles. The second kappa shape index (κ2) is 1.34. The van der Waals surface area contributed by atoms with Gasteiger partial charge in [-0.05, 0) is 0 Å². The number of rotatable bonds is 3. The van der Waals surface area contributed by atoms with Gasteiger partial charge in [-0.2, -0.15) is 0 Å². The van der Waals surface area contributed by atoms with E-state index in [1.165, 1.54) is 0 Å². The monoisotopic (exact) mass is 415 g/mol. The summed E-state index contributed by atoms with van der Waals surface area (Å²) in [6.45, 7) is -2.28. The second-order valence-electron chi connectivity index (χ2n) is 12.2. The van der Waals surface area contributed by atoms with Crippen molar-refractivity contribution < 1.29 is 26.4 Å². The Morgan fingerprint density at radius 3 is 1.11 bits per heavy atom. The van der Waals surface area contributed by atoms with Crippen LogP contribution in [-0.4, -0.2) is 19.9 Å². The summed E-state index contributed by atoms with van der Waals surface area (Å²) >= 11 is 0. The van der Waals surface area contributed by atoms with Crippen LogP contribution in [0, 0.1) is 30.3 Å². The molecule has 1 spiro atoms. The first-order valence-corrected chi connectivity index (χ1v) is 15.4. The van der Waals surface area contributed by atoms with E-state index in [9.17, 15) is 30.3 Å². The third-order valence-electron chi connectivity index (χ3n) is 16.2. The molecule has 1 aromatic rings. The predicted octanol–water partition coefficient (Wildman–Crippen LogP) is 4.49. The molecule has 0 saturated carbocycles. The number of nitro groups is 3. The maximum atomic E-state index is 10.4. The van der Waals surface area contributed by atoms with Gasteiger partial charge < -0.3 is 5.11 Å². The van der Waals surface area contributed by atoms with Crippen molar-refractivity contribution in [3.8, 4) is 5.75 Å². The van der Waals surface area contributed by atoms with Crippen LogP contribution in [0.3, 0.4) is 0 Å². The van der Waals surface area contributed by atoms with E-state index < -0.39 is 44.1 Å². The Kier molecular flexibility index (Phi) is 0.607. The fourth-order valence-corrected chi connectivity index (χ4v) is 89.0. The SMILES string of the molecule is O=[N+]([O-])c1cc([N+](=O)[O-])c(O)c([N+](=O)[O-])c1.[CH]12[CH]3[CH]4[CH]5[CH]1[Fe]23451678[CH]2[CH]1[CH]6[CH]7[CH]28. The van der Waals surface area contributed by atoms with Crippen molar-refractivity contribution in [3.63, 3.8) is 0 Å². The van der Waals surface area contributed by atoms with Gasteiger partial charge in [0.1, 0.15) is 0 Å². The molecule has 0 unspecified atom stereocenters. The molecule has 11 heteroatoms. The van der Waals surface area contributed by atoms with Crippen molar-refractivity contribution in [2.75, 3.05) is 0 Å². The van der Waals surface area contributed by atoms with E-state index in [1.807, 2.05) is 0 Å². The number of nitro benzene ring substituents is 3. The van der Waals surface area contributed by atoms with Crippen LogP contribution in [0.15, 0.2) is 12.1 Å². The molecule has 0 radical (unpaired) electrons. The van der Waals surface area contributed by atoms with Gasteiger partial charge in [0.25, 0.3) is 11.4 Å². The fourth-order valence-electron chi connectivity index (χ4n) is 16.8. The number of hydrogen-bond donors (Lipinski definition) is 1. The molecule has 10 aliphatic heterocycles. The van der Waals surface area contributed by atoms with E-state index in [1.54, 1.807) is 48.2 Å². The topological polar surface area (TPSA) is 150 Å². The standard InChI is InChI=1S/C6H3N3O7.2C5H5.Fe/c10-6-4(8(13)14)1-3(7(11)12)2-5(6)9(15)16;2*1-2-4-5-3-1;/h1-2,10H;2*1-5H;. The Morgan fingerprint density at radius 2 is 0.963 bits per heavy atom. The van der Waals surface area contributed by atoms with Crippen LogP contribution in [0.4, 0.5) is 17.1 Å². The van der Waals surface area contributed by atoms with E-state index in [0.717, 1.165) is 0 Å². The van der Waals surface area contributed by atoms with Gasteiger partial charge in [-0.3, -0.25) is 30.3 Å². The molecule has 10 heterocycles. The van der Waals surface area contributed by atoms with E-state index >= 15 is 0 Å². The molecule has 27 heavy (non-hydrogen) atoms. The van der Waals surface area contributed by atoms with Gasteiger partial charge in [0, 0.05) is 0 Å². The Balaban J connectivity index is 0.0000000885. The molecule has 1 aromatic carbocycles. The molecule has 11 rings (SSSR count). The third kappa shape index (κ3) is 0.220. The van der Waals surface area contributed by atoms with Crippen LogP contribution in [0.5, 0.6) is 5.75 Å². The molecular weight excluding hydrogens is 402 g/mol. The van der Waals surface area contributed by atoms with Gasteiger partial charge in [0.2, 0.25) is 0 Å². The number of phenolic OH excluding ortho intramolecular Hbond substituents is 1. The van der Waals surface area contributed by atoms with Gasteiger partial charge in [-0.25, -0.2) is 0 Å². The first-order chi connectivity index (χ1) is 12.5. The van der Waals surface area contributed by atoms with Crippen molar-refractivity contribution in [1.29, 1.82) is 0 Å². The van der Waals surface area contributed by atoms with Gasteiger partial charge in [0.05, 0.1) is 26.9 Å². The quantitative estimate of drug-likeness (QED) is 0.434. The number of non-ortho nitro benzene ring substituents is 1. The van der Waals surface area contributed by atoms with E-state index in [0.29, 0.717) is 12.1 Å². The Hall–Kier alpha value is -2.26. The van der Waals surface area contributed by atoms with Crippen LogP contribution < -0.4 is 0 Å². The molecule has 10 nitrogen and oxygen atoms in total. The second-order valence-corrected chi connectivity index (χ2v) is 36.1. The predicted molar refractivity (Wildman–Crippen MR) is 85.6 cm³/mol. The summed E-state index contributed by atoms with van der Waals surface area (Å²) in [6.07, 6.45) is 0. The first-order valence-electron chi connectivity index (χ1n) is 9.02. The zero-order valence-electron chi connectivity index (χ0n) is 13.5. The number of aromatic hydroxyl groups is 1. The molecule has 10 saturated heterocycles. The van der Waals surface area contributed by atoms with Crippen LogP contribution >= 0.6 is 0 Å². The van der Waals surface area contributed by atoms with Crippen molar-refractivity contribution in [2.45, 2.75) is 48.2 Å². The summed E-state index contributed by atoms with van der Waals surface area (Å²) in [6, 6.07) is 0.894. The van der Waals surface area contributed by atoms with Crippen LogP contribution in [0.2, 0.25) is 48.2 Å². The zero-order chi connectivity index (χ0) is 18.5. The zero-order valence-corrected chi connectivity index (χ0v) is 14.6. The molecule has 0 bridgehead atoms. The minimum absolute atomic E-state index is 0.447. The number of benzene rings is 1. The van der Waals surface area contributed by atoms with E-state index in [4.69, 9.17) is 5.11 Å². The molecule has 0 aliphatic carbocycles. The molecule has 10 aliphatic rings. The number of fused-ring (bicyclic) bond motifs is 10. The average molecular weight is 415 g/mol. The third-order valence-corrected chi connectivity index (χ3v) is 58.1. The number of hydrogen-bond acceptors (Lipinski definition) is 7. The van der Waals surface area contributed by atoms with Crippen LogP contribution in [0.1, 0.15) is 0 Å². The molecule has 10 fully saturated rings. The van der Waals surface area contributed by atoms with Gasteiger partial charge >= 0.3 is 66.0 Å². The summed E-state index contributed by atoms with van der Waals surface area (Å²) in [4.78, 5) is 43.7. The summed E-state index contributed by atoms with van der Waals surface area (Å²) in [7, 11) is 0. The van der Waals surface area contributed by atoms with Crippen LogP contribution in [0.25, 0.3) is 0 Å². The minimum atomic E-state index is -2.28. The molecule has 1 N–H and O–H groups in total. The molecule has 142 valence electrons. The van der Waals surface area contributed by atoms with Crippen molar-refractivity contribution in [1.82, 2.24) is 0 Å². The van der Waals surface area contributed by atoms with Gasteiger partial charge in [0.15, 0.2) is 0 Å². The normalized spacial score (nSPS) is 75.4. The summed E-state index contributed by atoms with van der Waals surface area (Å²) in [5, 5.41) is 40.2. The van der Waals surface area contributed by atoms with E-state index in [2.05, 4.69) is 0 Å². The summed E-state index contributed by atoms with van der Waals surface area (Å²) in [5.74, 6) is -1.21. The van der Waals surface area contributed by atoms with Gasteiger partial charge in [-0.1, -0.05) is 0 Å². The first kappa shape index (κ1) is 12.2. The molecular formula is C16H13FeN3O7. The number of nitrogens with zero attached hydrogens (tertiary/aromatic N) is 3. The van der Waals surface area contributed by atoms with Crippen molar-refractivity contribution >= 4 is 17.1 Å². The average Bonchev–Trinajstić information content (AvgIpc) is 3.54. The molecule has 0 amide bonds. The van der Waals surface area contributed by atoms with Crippen molar-refractivity contribution in [3.05, 3.63) is 42.5 Å². The Morgan fingerprint density at radius 1 is 0.667 bits per heavy atom. The van der Waals surface area contributed by atoms with Gasteiger partial charge in [-0.15, -0.1) is 0 Å². The fraction of sp³-hybridized carbons (Fsp3) is 0.625. The summed E-state index contributed by atoms with van der Waals surface area (Å²) < 4.78 is 0. The molecule has 0 atom stereocenters. The Labute approximate surface area is 140 Å². The summed E-state index contributed by atoms with van der Waals surface area (Å²) in [5.41, 5.74) is -3.00. The Bertz CT molecular complexity index is 1280. The van der Waals surface area contributed by atoms with E-state index in [-0.39, 0.29) is 0 Å². The maximum absolute atomic E-state index is 10.4. The number of phenols is 1. The van der Waals surface area contributed by atoms with Crippen LogP contribution in [-0.2, 0) is 6.51 Å². The van der Waals surface area contributed by atoms with Crippen molar-refractivity contribution in [2.24, 2.45) is 0 Å².